The van der Waals surface area contributed by atoms with Crippen LogP contribution in [0.25, 0.3) is 0 Å². The first kappa shape index (κ1) is 16.7. The average Bonchev–Trinajstić information content (AvgIpc) is 2.35. The van der Waals surface area contributed by atoms with Gasteiger partial charge in [0.2, 0.25) is 0 Å². The quantitative estimate of drug-likeness (QED) is 0.413. The second kappa shape index (κ2) is 12.1. The van der Waals surface area contributed by atoms with Gasteiger partial charge in [0.25, 0.3) is 0 Å². The maximum atomic E-state index is 5.30. The molecule has 0 rings (SSSR count). The minimum absolute atomic E-state index is 0.386. The number of nitrogens with one attached hydrogen (secondary N) is 1. The molecule has 102 valence electrons. The summed E-state index contributed by atoms with van der Waals surface area (Å²) < 4.78 is 5.30. The van der Waals surface area contributed by atoms with Crippen molar-refractivity contribution in [2.45, 2.75) is 70.9 Å². The van der Waals surface area contributed by atoms with E-state index in [4.69, 9.17) is 4.74 Å². The minimum Gasteiger partial charge on any atom is -0.382 e. The van der Waals surface area contributed by atoms with Gasteiger partial charge in [0.1, 0.15) is 0 Å². The van der Waals surface area contributed by atoms with Crippen LogP contribution in [0, 0.1) is 0 Å². The molecule has 1 N–H and O–H groups in total. The van der Waals surface area contributed by atoms with Gasteiger partial charge in [-0.05, 0) is 45.6 Å². The number of ether oxygens (including phenoxy) is 1. The molecule has 0 aliphatic carbocycles. The molecule has 0 spiro atoms. The fraction of sp³-hybridized carbons (Fsp3) is 0.867. The Morgan fingerprint density at radius 1 is 1.18 bits per heavy atom. The van der Waals surface area contributed by atoms with Crippen LogP contribution in [0.3, 0.4) is 0 Å². The van der Waals surface area contributed by atoms with Crippen molar-refractivity contribution < 1.29 is 4.74 Å². The molecule has 0 aliphatic heterocycles. The van der Waals surface area contributed by atoms with Crippen molar-refractivity contribution in [1.29, 1.82) is 0 Å². The van der Waals surface area contributed by atoms with Gasteiger partial charge in [-0.15, -0.1) is 6.58 Å². The van der Waals surface area contributed by atoms with E-state index < -0.39 is 0 Å². The molecule has 0 heterocycles. The number of allylic oxidation sites excluding steroid dienone is 1. The number of unbranched alkanes of at least 4 members (excludes halogenated alkanes) is 3. The van der Waals surface area contributed by atoms with Crippen molar-refractivity contribution in [2.75, 3.05) is 13.7 Å². The average molecular weight is 241 g/mol. The summed E-state index contributed by atoms with van der Waals surface area (Å²) in [5, 5.41) is 3.58. The molecule has 0 saturated heterocycles. The molecule has 0 aliphatic rings. The van der Waals surface area contributed by atoms with E-state index in [2.05, 4.69) is 25.7 Å². The van der Waals surface area contributed by atoms with Gasteiger partial charge in [-0.25, -0.2) is 0 Å². The van der Waals surface area contributed by atoms with E-state index >= 15 is 0 Å². The maximum absolute atomic E-state index is 5.30. The SMILES string of the molecule is C=CCCCCCC(CCC(C)OC)NCC. The van der Waals surface area contributed by atoms with Crippen LogP contribution < -0.4 is 5.32 Å². The van der Waals surface area contributed by atoms with Crippen LogP contribution in [0.15, 0.2) is 12.7 Å². The number of hydrogen-bond acceptors (Lipinski definition) is 2. The van der Waals surface area contributed by atoms with Crippen LogP contribution in [0.1, 0.15) is 58.8 Å². The maximum Gasteiger partial charge on any atom is 0.0543 e. The Hall–Kier alpha value is -0.340. The summed E-state index contributed by atoms with van der Waals surface area (Å²) in [6.07, 6.45) is 11.2. The zero-order chi connectivity index (χ0) is 12.9. The molecule has 0 bridgehead atoms. The van der Waals surface area contributed by atoms with Crippen LogP contribution >= 0.6 is 0 Å². The third kappa shape index (κ3) is 10.5. The first-order chi connectivity index (χ1) is 8.24. The molecule has 0 aromatic rings. The van der Waals surface area contributed by atoms with E-state index in [0.717, 1.165) is 19.4 Å². The Labute approximate surface area is 108 Å². The topological polar surface area (TPSA) is 21.3 Å². The molecule has 0 aromatic heterocycles. The molecule has 0 fully saturated rings. The molecule has 2 nitrogen and oxygen atoms in total. The number of rotatable bonds is 12. The summed E-state index contributed by atoms with van der Waals surface area (Å²) in [4.78, 5) is 0. The Morgan fingerprint density at radius 2 is 1.94 bits per heavy atom. The van der Waals surface area contributed by atoms with Gasteiger partial charge < -0.3 is 10.1 Å². The molecule has 2 heteroatoms. The van der Waals surface area contributed by atoms with Gasteiger partial charge in [0.15, 0.2) is 0 Å². The zero-order valence-electron chi connectivity index (χ0n) is 12.0. The van der Waals surface area contributed by atoms with Gasteiger partial charge in [-0.3, -0.25) is 0 Å². The van der Waals surface area contributed by atoms with Crippen molar-refractivity contribution in [3.05, 3.63) is 12.7 Å². The molecule has 17 heavy (non-hydrogen) atoms. The second-order valence-electron chi connectivity index (χ2n) is 4.80. The van der Waals surface area contributed by atoms with Crippen LogP contribution in [0.5, 0.6) is 0 Å². The monoisotopic (exact) mass is 241 g/mol. The van der Waals surface area contributed by atoms with Crippen LogP contribution in [-0.4, -0.2) is 25.8 Å². The van der Waals surface area contributed by atoms with Gasteiger partial charge in [-0.2, -0.15) is 0 Å². The second-order valence-corrected chi connectivity index (χ2v) is 4.80. The first-order valence-corrected chi connectivity index (χ1v) is 7.11. The standard InChI is InChI=1S/C15H31NO/c1-5-7-8-9-10-11-15(16-6-2)13-12-14(3)17-4/h5,14-16H,1,6-13H2,2-4H3. The normalized spacial score (nSPS) is 14.5. The summed E-state index contributed by atoms with van der Waals surface area (Å²) in [5.74, 6) is 0. The lowest BCUT2D eigenvalue weighted by atomic mass is 10.0. The molecule has 2 unspecified atom stereocenters. The molecular formula is C15H31NO. The molecule has 2 atom stereocenters. The molecule has 0 saturated carbocycles. The summed E-state index contributed by atoms with van der Waals surface area (Å²) in [5.41, 5.74) is 0. The Bertz CT molecular complexity index is 170. The van der Waals surface area contributed by atoms with Gasteiger partial charge in [-0.1, -0.05) is 25.8 Å². The first-order valence-electron chi connectivity index (χ1n) is 7.11. The van der Waals surface area contributed by atoms with E-state index in [9.17, 15) is 0 Å². The highest BCUT2D eigenvalue weighted by molar-refractivity contribution is 4.69. The highest BCUT2D eigenvalue weighted by Gasteiger charge is 2.09. The Kier molecular flexibility index (Phi) is 11.9. The molecule has 0 amide bonds. The van der Waals surface area contributed by atoms with Crippen LogP contribution in [0.4, 0.5) is 0 Å². The Morgan fingerprint density at radius 3 is 2.53 bits per heavy atom. The lowest BCUT2D eigenvalue weighted by molar-refractivity contribution is 0.105. The lowest BCUT2D eigenvalue weighted by Gasteiger charge is -2.19. The third-order valence-corrected chi connectivity index (χ3v) is 3.28. The van der Waals surface area contributed by atoms with E-state index in [-0.39, 0.29) is 0 Å². The van der Waals surface area contributed by atoms with Crippen molar-refractivity contribution in [3.8, 4) is 0 Å². The summed E-state index contributed by atoms with van der Waals surface area (Å²) >= 11 is 0. The molecule has 0 aromatic carbocycles. The van der Waals surface area contributed by atoms with Crippen molar-refractivity contribution in [2.24, 2.45) is 0 Å². The smallest absolute Gasteiger partial charge is 0.0543 e. The van der Waals surface area contributed by atoms with E-state index in [0.29, 0.717) is 12.1 Å². The van der Waals surface area contributed by atoms with E-state index in [1.165, 1.54) is 32.1 Å². The van der Waals surface area contributed by atoms with E-state index in [1.54, 1.807) is 7.11 Å². The fourth-order valence-corrected chi connectivity index (χ4v) is 2.05. The number of hydrogen-bond donors (Lipinski definition) is 1. The molecule has 0 radical (unpaired) electrons. The third-order valence-electron chi connectivity index (χ3n) is 3.28. The molecular weight excluding hydrogens is 210 g/mol. The Balaban J connectivity index is 3.62. The number of methoxy groups -OCH3 is 1. The van der Waals surface area contributed by atoms with Crippen molar-refractivity contribution in [3.63, 3.8) is 0 Å². The van der Waals surface area contributed by atoms with Crippen LogP contribution in [-0.2, 0) is 4.74 Å². The predicted octanol–water partition coefficient (Wildman–Crippen LogP) is 3.92. The largest absolute Gasteiger partial charge is 0.382 e. The fourth-order valence-electron chi connectivity index (χ4n) is 2.05. The zero-order valence-corrected chi connectivity index (χ0v) is 12.0. The van der Waals surface area contributed by atoms with E-state index in [1.807, 2.05) is 6.08 Å². The van der Waals surface area contributed by atoms with Gasteiger partial charge >= 0.3 is 0 Å². The van der Waals surface area contributed by atoms with Crippen molar-refractivity contribution >= 4 is 0 Å². The highest BCUT2D eigenvalue weighted by Crippen LogP contribution is 2.12. The van der Waals surface area contributed by atoms with Crippen molar-refractivity contribution in [1.82, 2.24) is 5.32 Å². The lowest BCUT2D eigenvalue weighted by Crippen LogP contribution is -2.29. The minimum atomic E-state index is 0.386. The van der Waals surface area contributed by atoms with Crippen LogP contribution in [0.2, 0.25) is 0 Å². The highest BCUT2D eigenvalue weighted by atomic mass is 16.5. The summed E-state index contributed by atoms with van der Waals surface area (Å²) in [7, 11) is 1.79. The predicted molar refractivity (Wildman–Crippen MR) is 76.5 cm³/mol. The summed E-state index contributed by atoms with van der Waals surface area (Å²) in [6.45, 7) is 9.15. The van der Waals surface area contributed by atoms with Gasteiger partial charge in [0.05, 0.1) is 6.10 Å². The van der Waals surface area contributed by atoms with Gasteiger partial charge in [0, 0.05) is 13.2 Å². The summed E-state index contributed by atoms with van der Waals surface area (Å²) in [6, 6.07) is 0.668.